The van der Waals surface area contributed by atoms with Crippen LogP contribution in [0, 0.1) is 5.92 Å². The van der Waals surface area contributed by atoms with Crippen molar-refractivity contribution in [2.75, 3.05) is 35.7 Å². The Kier molecular flexibility index (Phi) is 5.52. The Morgan fingerprint density at radius 2 is 1.93 bits per heavy atom. The molecule has 11 nitrogen and oxygen atoms in total. The van der Waals surface area contributed by atoms with Crippen LogP contribution >= 0.6 is 0 Å². The second-order valence-corrected chi connectivity index (χ2v) is 11.2. The maximum atomic E-state index is 12.4. The number of aromatic nitrogens is 6. The Bertz CT molecular complexity index is 1770. The third-order valence-electron chi connectivity index (χ3n) is 8.21. The highest BCUT2D eigenvalue weighted by Crippen LogP contribution is 2.44. The molecule has 4 aromatic heterocycles. The summed E-state index contributed by atoms with van der Waals surface area (Å²) in [6, 6.07) is 16.4. The molecule has 6 heterocycles. The Morgan fingerprint density at radius 1 is 1.02 bits per heavy atom. The number of hydrogen-bond donors (Lipinski definition) is 2. The van der Waals surface area contributed by atoms with E-state index in [1.807, 2.05) is 36.7 Å². The fourth-order valence-electron chi connectivity index (χ4n) is 5.99. The fraction of sp³-hybridized carbons (Fsp3) is 0.300. The average molecular weight is 547 g/mol. The summed E-state index contributed by atoms with van der Waals surface area (Å²) in [7, 11) is 2.12. The van der Waals surface area contributed by atoms with Crippen LogP contribution in [0.25, 0.3) is 16.8 Å². The molecule has 1 saturated heterocycles. The van der Waals surface area contributed by atoms with Crippen molar-refractivity contribution in [3.8, 4) is 11.1 Å². The number of likely N-dealkylation sites (tertiary alicyclic amines) is 1. The zero-order valence-corrected chi connectivity index (χ0v) is 22.7. The zero-order chi connectivity index (χ0) is 27.5. The van der Waals surface area contributed by atoms with Crippen molar-refractivity contribution in [1.82, 2.24) is 34.3 Å². The van der Waals surface area contributed by atoms with Crippen LogP contribution in [0.4, 0.5) is 23.0 Å². The first-order chi connectivity index (χ1) is 20.1. The minimum absolute atomic E-state index is 0.0278. The van der Waals surface area contributed by atoms with E-state index in [1.165, 1.54) is 11.3 Å². The van der Waals surface area contributed by atoms with Gasteiger partial charge in [-0.1, -0.05) is 18.2 Å². The smallest absolute Gasteiger partial charge is 0.228 e. The SMILES string of the molecule is CN1Cc2c(cnn2C2CN(Cc3ccccn3)C2)-c2cccc(Nc3cc(NC(=O)C4CC4)nc4ccnn34)c21. The lowest BCUT2D eigenvalue weighted by atomic mass is 9.97. The molecule has 2 aliphatic heterocycles. The summed E-state index contributed by atoms with van der Waals surface area (Å²) in [5, 5.41) is 15.9. The highest BCUT2D eigenvalue weighted by molar-refractivity contribution is 5.95. The quantitative estimate of drug-likeness (QED) is 0.314. The van der Waals surface area contributed by atoms with Gasteiger partial charge in [0, 0.05) is 62.1 Å². The predicted molar refractivity (Wildman–Crippen MR) is 156 cm³/mol. The minimum atomic E-state index is 0.0278. The van der Waals surface area contributed by atoms with Crippen molar-refractivity contribution in [3.05, 3.63) is 78.5 Å². The van der Waals surface area contributed by atoms with E-state index in [2.05, 4.69) is 71.5 Å². The van der Waals surface area contributed by atoms with Crippen LogP contribution < -0.4 is 15.5 Å². The van der Waals surface area contributed by atoms with E-state index < -0.39 is 0 Å². The molecule has 3 aliphatic rings. The van der Waals surface area contributed by atoms with Crippen LogP contribution in [-0.2, 0) is 17.9 Å². The first-order valence-electron chi connectivity index (χ1n) is 14.1. The number of carbonyl (C=O) groups is 1. The molecule has 5 aromatic rings. The molecule has 0 spiro atoms. The first kappa shape index (κ1) is 24.1. The lowest BCUT2D eigenvalue weighted by Gasteiger charge is -2.40. The van der Waals surface area contributed by atoms with Gasteiger partial charge < -0.3 is 15.5 Å². The number of nitrogens with zero attached hydrogens (tertiary/aromatic N) is 8. The molecule has 0 radical (unpaired) electrons. The monoisotopic (exact) mass is 546 g/mol. The van der Waals surface area contributed by atoms with E-state index >= 15 is 0 Å². The van der Waals surface area contributed by atoms with Gasteiger partial charge >= 0.3 is 0 Å². The average Bonchev–Trinajstić information content (AvgIpc) is 3.57. The molecule has 0 bridgehead atoms. The molecule has 1 saturated carbocycles. The molecule has 2 N–H and O–H groups in total. The lowest BCUT2D eigenvalue weighted by Crippen LogP contribution is -2.48. The van der Waals surface area contributed by atoms with Crippen LogP contribution in [0.3, 0.4) is 0 Å². The van der Waals surface area contributed by atoms with Crippen molar-refractivity contribution < 1.29 is 4.79 Å². The molecule has 41 heavy (non-hydrogen) atoms. The molecule has 2 fully saturated rings. The normalized spacial score (nSPS) is 16.8. The number of amides is 1. The minimum Gasteiger partial charge on any atom is -0.366 e. The van der Waals surface area contributed by atoms with Gasteiger partial charge in [-0.2, -0.15) is 14.7 Å². The molecule has 0 atom stereocenters. The molecule has 11 heteroatoms. The van der Waals surface area contributed by atoms with Crippen molar-refractivity contribution in [2.45, 2.75) is 32.0 Å². The lowest BCUT2D eigenvalue weighted by molar-refractivity contribution is -0.117. The van der Waals surface area contributed by atoms with Crippen molar-refractivity contribution in [3.63, 3.8) is 0 Å². The van der Waals surface area contributed by atoms with Gasteiger partial charge in [0.15, 0.2) is 5.65 Å². The van der Waals surface area contributed by atoms with Gasteiger partial charge in [-0.05, 0) is 31.0 Å². The molecular weight excluding hydrogens is 516 g/mol. The molecule has 0 unspecified atom stereocenters. The van der Waals surface area contributed by atoms with Crippen molar-refractivity contribution in [1.29, 1.82) is 0 Å². The first-order valence-corrected chi connectivity index (χ1v) is 14.1. The number of nitrogens with one attached hydrogen (secondary N) is 2. The second-order valence-electron chi connectivity index (χ2n) is 11.2. The number of carbonyl (C=O) groups excluding carboxylic acids is 1. The van der Waals surface area contributed by atoms with E-state index in [-0.39, 0.29) is 11.8 Å². The Morgan fingerprint density at radius 3 is 2.76 bits per heavy atom. The fourth-order valence-corrected chi connectivity index (χ4v) is 5.99. The third kappa shape index (κ3) is 4.29. The molecule has 206 valence electrons. The number of hydrogen-bond acceptors (Lipinski definition) is 8. The number of para-hydroxylation sites is 1. The molecule has 1 aromatic carbocycles. The van der Waals surface area contributed by atoms with Gasteiger partial charge in [-0.25, -0.2) is 4.98 Å². The summed E-state index contributed by atoms with van der Waals surface area (Å²) in [5.74, 6) is 1.39. The Labute approximate surface area is 236 Å². The predicted octanol–water partition coefficient (Wildman–Crippen LogP) is 4.09. The maximum Gasteiger partial charge on any atom is 0.228 e. The third-order valence-corrected chi connectivity index (χ3v) is 8.21. The molecule has 8 rings (SSSR count). The van der Waals surface area contributed by atoms with Gasteiger partial charge in [0.05, 0.1) is 47.7 Å². The van der Waals surface area contributed by atoms with E-state index in [0.717, 1.165) is 67.5 Å². The van der Waals surface area contributed by atoms with Gasteiger partial charge in [0.25, 0.3) is 0 Å². The molecular formula is C30H30N10O. The zero-order valence-electron chi connectivity index (χ0n) is 22.7. The summed E-state index contributed by atoms with van der Waals surface area (Å²) in [5.41, 5.74) is 7.37. The van der Waals surface area contributed by atoms with Crippen molar-refractivity contribution in [2.24, 2.45) is 5.92 Å². The topological polar surface area (TPSA) is 109 Å². The van der Waals surface area contributed by atoms with Crippen LogP contribution in [0.2, 0.25) is 0 Å². The van der Waals surface area contributed by atoms with Crippen LogP contribution in [0.15, 0.2) is 67.1 Å². The Hall–Kier alpha value is -4.77. The van der Waals surface area contributed by atoms with E-state index in [1.54, 1.807) is 10.7 Å². The van der Waals surface area contributed by atoms with Crippen LogP contribution in [-0.4, -0.2) is 60.3 Å². The Balaban J connectivity index is 1.07. The van der Waals surface area contributed by atoms with Gasteiger partial charge in [0.2, 0.25) is 5.91 Å². The summed E-state index contributed by atoms with van der Waals surface area (Å²) in [6.45, 7) is 3.55. The van der Waals surface area contributed by atoms with E-state index in [9.17, 15) is 4.79 Å². The highest BCUT2D eigenvalue weighted by Gasteiger charge is 2.34. The number of benzene rings is 1. The number of anilines is 4. The summed E-state index contributed by atoms with van der Waals surface area (Å²) >= 11 is 0. The maximum absolute atomic E-state index is 12.4. The van der Waals surface area contributed by atoms with Crippen LogP contribution in [0.5, 0.6) is 0 Å². The van der Waals surface area contributed by atoms with Gasteiger partial charge in [0.1, 0.15) is 11.6 Å². The second kappa shape index (κ2) is 9.41. The van der Waals surface area contributed by atoms with Crippen LogP contribution in [0.1, 0.15) is 30.3 Å². The van der Waals surface area contributed by atoms with Crippen molar-refractivity contribution >= 4 is 34.6 Å². The number of rotatable bonds is 7. The highest BCUT2D eigenvalue weighted by atomic mass is 16.2. The van der Waals surface area contributed by atoms with Gasteiger partial charge in [-0.3, -0.25) is 19.4 Å². The standard InChI is InChI=1S/C30H30N10O/c1-37-18-25-23(14-33-39(25)21-16-38(17-21)15-20-5-2-3-11-31-20)22-6-4-7-24(29(22)37)34-28-13-26(36-30(41)19-8-9-19)35-27-10-12-32-40(27)28/h2-7,10-14,19,21,34H,8-9,15-18H2,1H3,(H,35,36,41). The molecule has 1 amide bonds. The largest absolute Gasteiger partial charge is 0.366 e. The number of pyridine rings is 1. The molecule has 1 aliphatic carbocycles. The summed E-state index contributed by atoms with van der Waals surface area (Å²) in [6.07, 6.45) is 7.46. The summed E-state index contributed by atoms with van der Waals surface area (Å²) in [4.78, 5) is 26.2. The van der Waals surface area contributed by atoms with Gasteiger partial charge in [-0.15, -0.1) is 0 Å². The van der Waals surface area contributed by atoms with E-state index in [0.29, 0.717) is 17.5 Å². The summed E-state index contributed by atoms with van der Waals surface area (Å²) < 4.78 is 3.97. The number of fused-ring (bicyclic) bond motifs is 4. The van der Waals surface area contributed by atoms with E-state index in [4.69, 9.17) is 5.10 Å².